The van der Waals surface area contributed by atoms with Gasteiger partial charge in [-0.2, -0.15) is 5.26 Å². The van der Waals surface area contributed by atoms with Crippen molar-refractivity contribution in [3.8, 4) is 11.8 Å². The smallest absolute Gasteiger partial charge is 0.341 e. The first-order chi connectivity index (χ1) is 15.6. The molecule has 2 aromatic rings. The number of esters is 1. The maximum absolute atomic E-state index is 12.9. The molecule has 1 N–H and O–H groups in total. The van der Waals surface area contributed by atoms with Crippen LogP contribution in [-0.4, -0.2) is 25.1 Å². The summed E-state index contributed by atoms with van der Waals surface area (Å²) >= 11 is 1.40. The second kappa shape index (κ2) is 11.5. The first-order valence-corrected chi connectivity index (χ1v) is 11.9. The molecule has 0 spiro atoms. The minimum atomic E-state index is -0.542. The van der Waals surface area contributed by atoms with Crippen LogP contribution in [-0.2, 0) is 22.4 Å². The third-order valence-electron chi connectivity index (χ3n) is 5.20. The van der Waals surface area contributed by atoms with Crippen LogP contribution in [0, 0.1) is 11.3 Å². The largest absolute Gasteiger partial charge is 0.494 e. The van der Waals surface area contributed by atoms with E-state index in [2.05, 4.69) is 12.2 Å². The Kier molecular flexibility index (Phi) is 8.46. The van der Waals surface area contributed by atoms with Gasteiger partial charge in [-0.3, -0.25) is 4.79 Å². The van der Waals surface area contributed by atoms with E-state index in [0.717, 1.165) is 60.3 Å². The molecular formula is C25H28N2O4S. The number of fused-ring (bicyclic) bond motifs is 1. The molecule has 0 radical (unpaired) electrons. The molecule has 0 bridgehead atoms. The number of unbranched alkanes of at least 4 members (excludes halogenated alkanes) is 1. The molecule has 0 fully saturated rings. The van der Waals surface area contributed by atoms with Crippen molar-refractivity contribution in [2.75, 3.05) is 18.5 Å². The molecule has 3 rings (SSSR count). The van der Waals surface area contributed by atoms with Gasteiger partial charge in [-0.1, -0.05) is 25.5 Å². The second-order valence-corrected chi connectivity index (χ2v) is 8.64. The lowest BCUT2D eigenvalue weighted by molar-refractivity contribution is -0.112. The van der Waals surface area contributed by atoms with Gasteiger partial charge in [0.2, 0.25) is 0 Å². The molecule has 0 saturated carbocycles. The SMILES string of the molecule is CCCCOc1ccc(C=C(C#N)C(=O)Nc2sc3c(c2C(=O)OCC)CCCC3)cc1. The van der Waals surface area contributed by atoms with Crippen molar-refractivity contribution in [1.29, 1.82) is 5.26 Å². The Morgan fingerprint density at radius 1 is 1.19 bits per heavy atom. The Morgan fingerprint density at radius 3 is 2.62 bits per heavy atom. The van der Waals surface area contributed by atoms with Crippen molar-refractivity contribution in [3.63, 3.8) is 0 Å². The number of ether oxygens (including phenoxy) is 2. The van der Waals surface area contributed by atoms with Gasteiger partial charge in [0, 0.05) is 4.88 Å². The fraction of sp³-hybridized carbons (Fsp3) is 0.400. The summed E-state index contributed by atoms with van der Waals surface area (Å²) in [6, 6.07) is 9.22. The zero-order chi connectivity index (χ0) is 22.9. The van der Waals surface area contributed by atoms with Crippen LogP contribution in [0.3, 0.4) is 0 Å². The van der Waals surface area contributed by atoms with Gasteiger partial charge in [-0.25, -0.2) is 4.79 Å². The van der Waals surface area contributed by atoms with Crippen LogP contribution in [0.1, 0.15) is 65.9 Å². The molecular weight excluding hydrogens is 424 g/mol. The minimum absolute atomic E-state index is 0.0363. The van der Waals surface area contributed by atoms with E-state index in [-0.39, 0.29) is 12.2 Å². The summed E-state index contributed by atoms with van der Waals surface area (Å²) in [5.41, 5.74) is 2.09. The van der Waals surface area contributed by atoms with E-state index in [0.29, 0.717) is 17.2 Å². The van der Waals surface area contributed by atoms with Crippen LogP contribution < -0.4 is 10.1 Å². The third-order valence-corrected chi connectivity index (χ3v) is 6.41. The molecule has 1 aromatic carbocycles. The van der Waals surface area contributed by atoms with E-state index < -0.39 is 11.9 Å². The van der Waals surface area contributed by atoms with Crippen LogP contribution in [0.25, 0.3) is 6.08 Å². The molecule has 1 aliphatic rings. The number of nitrogens with one attached hydrogen (secondary N) is 1. The number of carbonyl (C=O) groups excluding carboxylic acids is 2. The maximum Gasteiger partial charge on any atom is 0.341 e. The van der Waals surface area contributed by atoms with E-state index >= 15 is 0 Å². The predicted octanol–water partition coefficient (Wildman–Crippen LogP) is 5.53. The lowest BCUT2D eigenvalue weighted by atomic mass is 9.95. The first-order valence-electron chi connectivity index (χ1n) is 11.0. The number of hydrogen-bond acceptors (Lipinski definition) is 6. The average molecular weight is 453 g/mol. The highest BCUT2D eigenvalue weighted by molar-refractivity contribution is 7.17. The van der Waals surface area contributed by atoms with Crippen molar-refractivity contribution in [2.24, 2.45) is 0 Å². The molecule has 1 aliphatic carbocycles. The summed E-state index contributed by atoms with van der Waals surface area (Å²) in [5, 5.41) is 12.8. The van der Waals surface area contributed by atoms with Crippen LogP contribution in [0.2, 0.25) is 0 Å². The summed E-state index contributed by atoms with van der Waals surface area (Å²) < 4.78 is 10.9. The number of aryl methyl sites for hydroxylation is 1. The molecule has 1 amide bonds. The van der Waals surface area contributed by atoms with Crippen LogP contribution in [0.5, 0.6) is 5.75 Å². The van der Waals surface area contributed by atoms with Crippen molar-refractivity contribution < 1.29 is 19.1 Å². The number of rotatable bonds is 9. The van der Waals surface area contributed by atoms with E-state index in [1.54, 1.807) is 19.1 Å². The second-order valence-electron chi connectivity index (χ2n) is 7.53. The monoisotopic (exact) mass is 452 g/mol. The standard InChI is InChI=1S/C25H28N2O4S/c1-3-5-14-31-19-12-10-17(11-13-19)15-18(16-26)23(28)27-24-22(25(29)30-4-2)20-8-6-7-9-21(20)32-24/h10-13,15H,3-9,14H2,1-2H3,(H,27,28). The zero-order valence-corrected chi connectivity index (χ0v) is 19.3. The number of anilines is 1. The van der Waals surface area contributed by atoms with Gasteiger partial charge in [-0.05, 0) is 68.4 Å². The topological polar surface area (TPSA) is 88.4 Å². The highest BCUT2D eigenvalue weighted by Crippen LogP contribution is 2.38. The molecule has 0 unspecified atom stereocenters. The Bertz CT molecular complexity index is 1030. The summed E-state index contributed by atoms with van der Waals surface area (Å²) in [4.78, 5) is 26.5. The van der Waals surface area contributed by atoms with Crippen LogP contribution >= 0.6 is 11.3 Å². The number of nitrogens with zero attached hydrogens (tertiary/aromatic N) is 1. The van der Waals surface area contributed by atoms with Crippen molar-refractivity contribution >= 4 is 34.3 Å². The van der Waals surface area contributed by atoms with Crippen molar-refractivity contribution in [1.82, 2.24) is 0 Å². The molecule has 1 heterocycles. The number of thiophene rings is 1. The Hall–Kier alpha value is -3.11. The zero-order valence-electron chi connectivity index (χ0n) is 18.5. The Morgan fingerprint density at radius 2 is 1.94 bits per heavy atom. The molecule has 0 aliphatic heterocycles. The molecule has 168 valence electrons. The van der Waals surface area contributed by atoms with E-state index in [4.69, 9.17) is 9.47 Å². The van der Waals surface area contributed by atoms with E-state index in [9.17, 15) is 14.9 Å². The summed E-state index contributed by atoms with van der Waals surface area (Å²) in [6.07, 6.45) is 7.32. The van der Waals surface area contributed by atoms with Gasteiger partial charge in [0.05, 0.1) is 18.8 Å². The van der Waals surface area contributed by atoms with E-state index in [1.807, 2.05) is 18.2 Å². The summed E-state index contributed by atoms with van der Waals surface area (Å²) in [5.74, 6) is -0.218. The Balaban J connectivity index is 1.79. The highest BCUT2D eigenvalue weighted by Gasteiger charge is 2.27. The normalized spacial score (nSPS) is 13.1. The summed E-state index contributed by atoms with van der Waals surface area (Å²) in [7, 11) is 0. The molecule has 32 heavy (non-hydrogen) atoms. The molecule has 7 heteroatoms. The van der Waals surface area contributed by atoms with Gasteiger partial charge in [0.1, 0.15) is 22.4 Å². The van der Waals surface area contributed by atoms with Gasteiger partial charge in [0.15, 0.2) is 0 Å². The van der Waals surface area contributed by atoms with Gasteiger partial charge < -0.3 is 14.8 Å². The molecule has 0 saturated heterocycles. The van der Waals surface area contributed by atoms with Crippen molar-refractivity contribution in [3.05, 3.63) is 51.4 Å². The number of nitriles is 1. The quantitative estimate of drug-likeness (QED) is 0.234. The highest BCUT2D eigenvalue weighted by atomic mass is 32.1. The van der Waals surface area contributed by atoms with Crippen LogP contribution in [0.15, 0.2) is 29.8 Å². The lowest BCUT2D eigenvalue weighted by Gasteiger charge is -2.12. The molecule has 6 nitrogen and oxygen atoms in total. The fourth-order valence-electron chi connectivity index (χ4n) is 3.55. The number of amides is 1. The van der Waals surface area contributed by atoms with Crippen molar-refractivity contribution in [2.45, 2.75) is 52.4 Å². The summed E-state index contributed by atoms with van der Waals surface area (Å²) in [6.45, 7) is 4.78. The van der Waals surface area contributed by atoms with Gasteiger partial charge >= 0.3 is 5.97 Å². The predicted molar refractivity (Wildman–Crippen MR) is 126 cm³/mol. The fourth-order valence-corrected chi connectivity index (χ4v) is 4.83. The third kappa shape index (κ3) is 5.77. The van der Waals surface area contributed by atoms with Gasteiger partial charge in [0.25, 0.3) is 5.91 Å². The molecule has 1 aromatic heterocycles. The lowest BCUT2D eigenvalue weighted by Crippen LogP contribution is -2.16. The number of benzene rings is 1. The number of carbonyl (C=O) groups is 2. The van der Waals surface area contributed by atoms with E-state index in [1.165, 1.54) is 17.4 Å². The minimum Gasteiger partial charge on any atom is -0.494 e. The van der Waals surface area contributed by atoms with Crippen LogP contribution in [0.4, 0.5) is 5.00 Å². The van der Waals surface area contributed by atoms with Gasteiger partial charge in [-0.15, -0.1) is 11.3 Å². The Labute approximate surface area is 192 Å². The number of hydrogen-bond donors (Lipinski definition) is 1. The molecule has 0 atom stereocenters. The first kappa shape index (κ1) is 23.6. The maximum atomic E-state index is 12.9. The average Bonchev–Trinajstić information content (AvgIpc) is 3.16.